The first kappa shape index (κ1) is 10.6. The third kappa shape index (κ3) is 2.49. The molecule has 1 atom stereocenters. The second-order valence-corrected chi connectivity index (χ2v) is 3.37. The summed E-state index contributed by atoms with van der Waals surface area (Å²) in [6.45, 7) is 5.40. The number of aliphatic carboxylic acids is 1. The summed E-state index contributed by atoms with van der Waals surface area (Å²) < 4.78 is 5.26. The zero-order valence-electron chi connectivity index (χ0n) is 8.57. The Morgan fingerprint density at radius 3 is 2.57 bits per heavy atom. The van der Waals surface area contributed by atoms with Gasteiger partial charge in [0.1, 0.15) is 5.75 Å². The molecule has 0 aliphatic carbocycles. The van der Waals surface area contributed by atoms with E-state index >= 15 is 0 Å². The van der Waals surface area contributed by atoms with E-state index in [9.17, 15) is 4.79 Å². The molecule has 0 aromatic heterocycles. The Morgan fingerprint density at radius 2 is 2.07 bits per heavy atom. The van der Waals surface area contributed by atoms with Gasteiger partial charge in [0, 0.05) is 0 Å². The maximum absolute atomic E-state index is 10.6. The normalized spacial score (nSPS) is 12.2. The molecule has 0 amide bonds. The zero-order chi connectivity index (χ0) is 10.7. The van der Waals surface area contributed by atoms with Crippen molar-refractivity contribution in [2.24, 2.45) is 0 Å². The third-order valence-electron chi connectivity index (χ3n) is 1.98. The van der Waals surface area contributed by atoms with E-state index in [1.54, 1.807) is 6.07 Å². The van der Waals surface area contributed by atoms with Gasteiger partial charge >= 0.3 is 5.97 Å². The first-order valence-electron chi connectivity index (χ1n) is 4.47. The highest BCUT2D eigenvalue weighted by Crippen LogP contribution is 2.19. The van der Waals surface area contributed by atoms with Crippen LogP contribution < -0.4 is 4.74 Å². The molecule has 0 unspecified atom stereocenters. The summed E-state index contributed by atoms with van der Waals surface area (Å²) in [4.78, 5) is 10.6. The SMILES string of the molecule is Cc1ccc(O[C@@H](C)C(=O)O)c(C)c1. The number of carboxylic acid groups (broad SMARTS) is 1. The van der Waals surface area contributed by atoms with E-state index in [0.717, 1.165) is 11.1 Å². The van der Waals surface area contributed by atoms with Crippen molar-refractivity contribution < 1.29 is 14.6 Å². The molecule has 0 heterocycles. The Morgan fingerprint density at radius 1 is 1.43 bits per heavy atom. The average molecular weight is 194 g/mol. The van der Waals surface area contributed by atoms with Gasteiger partial charge in [-0.3, -0.25) is 0 Å². The predicted molar refractivity (Wildman–Crippen MR) is 53.6 cm³/mol. The number of ether oxygens (including phenoxy) is 1. The van der Waals surface area contributed by atoms with E-state index in [2.05, 4.69) is 0 Å². The fraction of sp³-hybridized carbons (Fsp3) is 0.364. The maximum Gasteiger partial charge on any atom is 0.344 e. The third-order valence-corrected chi connectivity index (χ3v) is 1.98. The van der Waals surface area contributed by atoms with Crippen LogP contribution in [-0.4, -0.2) is 17.2 Å². The van der Waals surface area contributed by atoms with E-state index < -0.39 is 12.1 Å². The lowest BCUT2D eigenvalue weighted by atomic mass is 10.1. The summed E-state index contributed by atoms with van der Waals surface area (Å²) in [6.07, 6.45) is -0.809. The molecule has 14 heavy (non-hydrogen) atoms. The van der Waals surface area contributed by atoms with Gasteiger partial charge in [0.25, 0.3) is 0 Å². The van der Waals surface area contributed by atoms with Crippen LogP contribution in [0.25, 0.3) is 0 Å². The van der Waals surface area contributed by atoms with Gasteiger partial charge in [-0.25, -0.2) is 4.79 Å². The highest BCUT2D eigenvalue weighted by atomic mass is 16.5. The van der Waals surface area contributed by atoms with Gasteiger partial charge in [-0.05, 0) is 32.4 Å². The highest BCUT2D eigenvalue weighted by molar-refractivity contribution is 5.72. The van der Waals surface area contributed by atoms with E-state index in [1.165, 1.54) is 6.92 Å². The maximum atomic E-state index is 10.6. The van der Waals surface area contributed by atoms with Gasteiger partial charge in [-0.2, -0.15) is 0 Å². The van der Waals surface area contributed by atoms with Crippen LogP contribution in [0.1, 0.15) is 18.1 Å². The smallest absolute Gasteiger partial charge is 0.344 e. The molecular formula is C11H14O3. The van der Waals surface area contributed by atoms with Gasteiger partial charge in [0.2, 0.25) is 0 Å². The number of carbonyl (C=O) groups is 1. The Kier molecular flexibility index (Phi) is 3.12. The zero-order valence-corrected chi connectivity index (χ0v) is 8.57. The minimum atomic E-state index is -0.954. The van der Waals surface area contributed by atoms with Crippen LogP contribution in [0.5, 0.6) is 5.75 Å². The van der Waals surface area contributed by atoms with Crippen LogP contribution in [0.15, 0.2) is 18.2 Å². The lowest BCUT2D eigenvalue weighted by Crippen LogP contribution is -2.23. The number of aryl methyl sites for hydroxylation is 2. The summed E-state index contributed by atoms with van der Waals surface area (Å²) in [5.41, 5.74) is 2.09. The number of benzene rings is 1. The number of hydrogen-bond donors (Lipinski definition) is 1. The lowest BCUT2D eigenvalue weighted by molar-refractivity contribution is -0.144. The van der Waals surface area contributed by atoms with Crippen LogP contribution in [-0.2, 0) is 4.79 Å². The van der Waals surface area contributed by atoms with Gasteiger partial charge < -0.3 is 9.84 Å². The van der Waals surface area contributed by atoms with E-state index in [-0.39, 0.29) is 0 Å². The second kappa shape index (κ2) is 4.13. The summed E-state index contributed by atoms with van der Waals surface area (Å²) in [6, 6.07) is 5.66. The van der Waals surface area contributed by atoms with E-state index in [1.807, 2.05) is 26.0 Å². The van der Waals surface area contributed by atoms with Gasteiger partial charge in [-0.1, -0.05) is 17.7 Å². The van der Waals surface area contributed by atoms with Crippen LogP contribution >= 0.6 is 0 Å². The first-order chi connectivity index (χ1) is 6.50. The number of carboxylic acids is 1. The van der Waals surface area contributed by atoms with Crippen LogP contribution in [0.2, 0.25) is 0 Å². The van der Waals surface area contributed by atoms with Gasteiger partial charge in [0.05, 0.1) is 0 Å². The largest absolute Gasteiger partial charge is 0.479 e. The molecule has 3 heteroatoms. The molecular weight excluding hydrogens is 180 g/mol. The molecule has 0 fully saturated rings. The molecule has 0 spiro atoms. The monoisotopic (exact) mass is 194 g/mol. The van der Waals surface area contributed by atoms with Crippen molar-refractivity contribution in [3.63, 3.8) is 0 Å². The van der Waals surface area contributed by atoms with Crippen molar-refractivity contribution in [2.75, 3.05) is 0 Å². The van der Waals surface area contributed by atoms with Crippen molar-refractivity contribution in [1.29, 1.82) is 0 Å². The van der Waals surface area contributed by atoms with Crippen LogP contribution in [0.4, 0.5) is 0 Å². The van der Waals surface area contributed by atoms with E-state index in [4.69, 9.17) is 9.84 Å². The second-order valence-electron chi connectivity index (χ2n) is 3.37. The molecule has 0 aliphatic rings. The molecule has 1 rings (SSSR count). The quantitative estimate of drug-likeness (QED) is 0.802. The molecule has 0 aliphatic heterocycles. The highest BCUT2D eigenvalue weighted by Gasteiger charge is 2.13. The summed E-state index contributed by atoms with van der Waals surface area (Å²) in [7, 11) is 0. The molecule has 0 bridgehead atoms. The fourth-order valence-electron chi connectivity index (χ4n) is 1.17. The van der Waals surface area contributed by atoms with Crippen molar-refractivity contribution in [3.8, 4) is 5.75 Å². The molecule has 3 nitrogen and oxygen atoms in total. The van der Waals surface area contributed by atoms with Crippen molar-refractivity contribution in [2.45, 2.75) is 26.9 Å². The molecule has 1 aromatic rings. The Hall–Kier alpha value is -1.51. The molecule has 0 radical (unpaired) electrons. The van der Waals surface area contributed by atoms with E-state index in [0.29, 0.717) is 5.75 Å². The van der Waals surface area contributed by atoms with Crippen LogP contribution in [0, 0.1) is 13.8 Å². The average Bonchev–Trinajstić information content (AvgIpc) is 2.09. The first-order valence-corrected chi connectivity index (χ1v) is 4.47. The van der Waals surface area contributed by atoms with Crippen molar-refractivity contribution in [3.05, 3.63) is 29.3 Å². The Bertz CT molecular complexity index is 344. The van der Waals surface area contributed by atoms with Gasteiger partial charge in [-0.15, -0.1) is 0 Å². The topological polar surface area (TPSA) is 46.5 Å². The minimum Gasteiger partial charge on any atom is -0.479 e. The molecule has 0 saturated carbocycles. The van der Waals surface area contributed by atoms with Crippen molar-refractivity contribution in [1.82, 2.24) is 0 Å². The summed E-state index contributed by atoms with van der Waals surface area (Å²) in [5.74, 6) is -0.324. The Balaban J connectivity index is 2.82. The summed E-state index contributed by atoms with van der Waals surface area (Å²) in [5, 5.41) is 8.66. The number of hydrogen-bond acceptors (Lipinski definition) is 2. The summed E-state index contributed by atoms with van der Waals surface area (Å²) >= 11 is 0. The van der Waals surface area contributed by atoms with Crippen molar-refractivity contribution >= 4 is 5.97 Å². The molecule has 1 aromatic carbocycles. The number of rotatable bonds is 3. The van der Waals surface area contributed by atoms with Gasteiger partial charge in [0.15, 0.2) is 6.10 Å². The van der Waals surface area contributed by atoms with Crippen LogP contribution in [0.3, 0.4) is 0 Å². The molecule has 1 N–H and O–H groups in total. The molecule has 0 saturated heterocycles. The molecule has 76 valence electrons. The fourth-order valence-corrected chi connectivity index (χ4v) is 1.17. The lowest BCUT2D eigenvalue weighted by Gasteiger charge is -2.12. The minimum absolute atomic E-state index is 0.630. The predicted octanol–water partition coefficient (Wildman–Crippen LogP) is 2.16. The standard InChI is InChI=1S/C11H14O3/c1-7-4-5-10(8(2)6-7)14-9(3)11(12)13/h4-6,9H,1-3H3,(H,12,13)/t9-/m0/s1. The Labute approximate surface area is 83.3 Å².